The largest absolute Gasteiger partial charge is 0.316 e. The molecule has 2 atom stereocenters. The molecule has 1 saturated heterocycles. The van der Waals surface area contributed by atoms with Crippen LogP contribution in [-0.4, -0.2) is 26.2 Å². The summed E-state index contributed by atoms with van der Waals surface area (Å²) in [6, 6.07) is 0. The van der Waals surface area contributed by atoms with Crippen molar-refractivity contribution in [3.8, 4) is 0 Å². The van der Waals surface area contributed by atoms with Crippen molar-refractivity contribution in [3.63, 3.8) is 0 Å². The van der Waals surface area contributed by atoms with Crippen LogP contribution < -0.4 is 10.6 Å². The minimum Gasteiger partial charge on any atom is -0.316 e. The standard InChI is InChI=1S/C11H24N2/c1-3-10(2)7-13-9-11-5-4-6-12-8-11/h10-13H,3-9H2,1-2H3. The molecule has 2 heteroatoms. The van der Waals surface area contributed by atoms with Gasteiger partial charge in [-0.3, -0.25) is 0 Å². The first-order chi connectivity index (χ1) is 6.33. The Labute approximate surface area is 82.5 Å². The van der Waals surface area contributed by atoms with Gasteiger partial charge >= 0.3 is 0 Å². The van der Waals surface area contributed by atoms with Crippen LogP contribution in [0, 0.1) is 11.8 Å². The highest BCUT2D eigenvalue weighted by atomic mass is 14.9. The first-order valence-electron chi connectivity index (χ1n) is 5.74. The molecule has 2 unspecified atom stereocenters. The third kappa shape index (κ3) is 4.63. The van der Waals surface area contributed by atoms with Gasteiger partial charge in [0.1, 0.15) is 0 Å². The van der Waals surface area contributed by atoms with Crippen molar-refractivity contribution >= 4 is 0 Å². The van der Waals surface area contributed by atoms with Crippen molar-refractivity contribution in [2.75, 3.05) is 26.2 Å². The lowest BCUT2D eigenvalue weighted by Gasteiger charge is -2.23. The summed E-state index contributed by atoms with van der Waals surface area (Å²) >= 11 is 0. The molecule has 1 aliphatic rings. The Morgan fingerprint density at radius 1 is 1.54 bits per heavy atom. The van der Waals surface area contributed by atoms with Crippen LogP contribution >= 0.6 is 0 Å². The van der Waals surface area contributed by atoms with Crippen LogP contribution in [0.3, 0.4) is 0 Å². The van der Waals surface area contributed by atoms with Crippen molar-refractivity contribution in [1.29, 1.82) is 0 Å². The summed E-state index contributed by atoms with van der Waals surface area (Å²) in [5, 5.41) is 7.01. The molecule has 1 rings (SSSR count). The maximum Gasteiger partial charge on any atom is -0.000826 e. The first-order valence-corrected chi connectivity index (χ1v) is 5.74. The second kappa shape index (κ2) is 6.39. The molecule has 2 N–H and O–H groups in total. The van der Waals surface area contributed by atoms with Crippen LogP contribution in [0.15, 0.2) is 0 Å². The second-order valence-corrected chi connectivity index (χ2v) is 4.38. The highest BCUT2D eigenvalue weighted by Gasteiger charge is 2.12. The molecule has 1 heterocycles. The van der Waals surface area contributed by atoms with Gasteiger partial charge in [0, 0.05) is 0 Å². The van der Waals surface area contributed by atoms with E-state index in [-0.39, 0.29) is 0 Å². The van der Waals surface area contributed by atoms with E-state index in [2.05, 4.69) is 24.5 Å². The van der Waals surface area contributed by atoms with Crippen molar-refractivity contribution < 1.29 is 0 Å². The van der Waals surface area contributed by atoms with E-state index in [0.29, 0.717) is 0 Å². The average Bonchev–Trinajstić information content (AvgIpc) is 2.19. The summed E-state index contributed by atoms with van der Waals surface area (Å²) in [5.41, 5.74) is 0. The molecule has 1 aliphatic heterocycles. The summed E-state index contributed by atoms with van der Waals surface area (Å²) in [6.07, 6.45) is 4.05. The second-order valence-electron chi connectivity index (χ2n) is 4.38. The molecule has 0 amide bonds. The fourth-order valence-corrected chi connectivity index (χ4v) is 1.78. The Kier molecular flexibility index (Phi) is 5.40. The molecule has 1 fully saturated rings. The van der Waals surface area contributed by atoms with E-state index >= 15 is 0 Å². The molecule has 0 radical (unpaired) electrons. The zero-order valence-corrected chi connectivity index (χ0v) is 9.10. The van der Waals surface area contributed by atoms with Crippen LogP contribution in [0.2, 0.25) is 0 Å². The summed E-state index contributed by atoms with van der Waals surface area (Å²) in [5.74, 6) is 1.70. The van der Waals surface area contributed by atoms with E-state index in [4.69, 9.17) is 0 Å². The number of piperidine rings is 1. The fourth-order valence-electron chi connectivity index (χ4n) is 1.78. The van der Waals surface area contributed by atoms with E-state index < -0.39 is 0 Å². The third-order valence-corrected chi connectivity index (χ3v) is 3.02. The lowest BCUT2D eigenvalue weighted by atomic mass is 9.99. The number of hydrogen-bond acceptors (Lipinski definition) is 2. The van der Waals surface area contributed by atoms with Gasteiger partial charge in [-0.05, 0) is 50.9 Å². The molecule has 2 nitrogen and oxygen atoms in total. The van der Waals surface area contributed by atoms with Crippen molar-refractivity contribution in [1.82, 2.24) is 10.6 Å². The Bertz CT molecular complexity index is 119. The van der Waals surface area contributed by atoms with Crippen LogP contribution in [0.1, 0.15) is 33.1 Å². The minimum atomic E-state index is 0.830. The topological polar surface area (TPSA) is 24.1 Å². The molecule has 0 saturated carbocycles. The van der Waals surface area contributed by atoms with Crippen LogP contribution in [0.25, 0.3) is 0 Å². The predicted molar refractivity (Wildman–Crippen MR) is 57.9 cm³/mol. The maximum absolute atomic E-state index is 3.57. The van der Waals surface area contributed by atoms with E-state index in [1.807, 2.05) is 0 Å². The molecule has 13 heavy (non-hydrogen) atoms. The molecule has 0 aromatic carbocycles. The summed E-state index contributed by atoms with van der Waals surface area (Å²) in [4.78, 5) is 0. The maximum atomic E-state index is 3.57. The van der Waals surface area contributed by atoms with E-state index in [1.165, 1.54) is 45.4 Å². The lowest BCUT2D eigenvalue weighted by Crippen LogP contribution is -2.37. The molecule has 0 spiro atoms. The van der Waals surface area contributed by atoms with Gasteiger partial charge in [0.2, 0.25) is 0 Å². The van der Waals surface area contributed by atoms with Crippen LogP contribution in [-0.2, 0) is 0 Å². The van der Waals surface area contributed by atoms with Gasteiger partial charge in [-0.25, -0.2) is 0 Å². The summed E-state index contributed by atoms with van der Waals surface area (Å²) < 4.78 is 0. The Balaban J connectivity index is 1.98. The molecule has 0 aromatic rings. The van der Waals surface area contributed by atoms with Crippen molar-refractivity contribution in [3.05, 3.63) is 0 Å². The molecule has 0 aliphatic carbocycles. The lowest BCUT2D eigenvalue weighted by molar-refractivity contribution is 0.350. The number of hydrogen-bond donors (Lipinski definition) is 2. The molecule has 78 valence electrons. The zero-order valence-electron chi connectivity index (χ0n) is 9.10. The van der Waals surface area contributed by atoms with E-state index in [0.717, 1.165) is 11.8 Å². The number of nitrogens with one attached hydrogen (secondary N) is 2. The third-order valence-electron chi connectivity index (χ3n) is 3.02. The van der Waals surface area contributed by atoms with Crippen molar-refractivity contribution in [2.24, 2.45) is 11.8 Å². The Morgan fingerprint density at radius 3 is 3.00 bits per heavy atom. The van der Waals surface area contributed by atoms with Gasteiger partial charge < -0.3 is 10.6 Å². The predicted octanol–water partition coefficient (Wildman–Crippen LogP) is 1.62. The van der Waals surface area contributed by atoms with Gasteiger partial charge in [0.25, 0.3) is 0 Å². The number of rotatable bonds is 5. The Morgan fingerprint density at radius 2 is 2.38 bits per heavy atom. The van der Waals surface area contributed by atoms with Gasteiger partial charge in [0.15, 0.2) is 0 Å². The van der Waals surface area contributed by atoms with Crippen LogP contribution in [0.5, 0.6) is 0 Å². The SMILES string of the molecule is CCC(C)CNCC1CCCNC1. The molecular weight excluding hydrogens is 160 g/mol. The smallest absolute Gasteiger partial charge is 0.000826 e. The van der Waals surface area contributed by atoms with Gasteiger partial charge in [-0.1, -0.05) is 20.3 Å². The minimum absolute atomic E-state index is 0.830. The van der Waals surface area contributed by atoms with Gasteiger partial charge in [-0.15, -0.1) is 0 Å². The first kappa shape index (κ1) is 11.0. The molecular formula is C11H24N2. The highest BCUT2D eigenvalue weighted by molar-refractivity contribution is 4.71. The van der Waals surface area contributed by atoms with Crippen molar-refractivity contribution in [2.45, 2.75) is 33.1 Å². The van der Waals surface area contributed by atoms with Gasteiger partial charge in [0.05, 0.1) is 0 Å². The van der Waals surface area contributed by atoms with Gasteiger partial charge in [-0.2, -0.15) is 0 Å². The Hall–Kier alpha value is -0.0800. The van der Waals surface area contributed by atoms with E-state index in [1.54, 1.807) is 0 Å². The monoisotopic (exact) mass is 184 g/mol. The normalized spacial score (nSPS) is 25.8. The van der Waals surface area contributed by atoms with Crippen LogP contribution in [0.4, 0.5) is 0 Å². The fraction of sp³-hybridized carbons (Fsp3) is 1.00. The highest BCUT2D eigenvalue weighted by Crippen LogP contribution is 2.08. The molecule has 0 aromatic heterocycles. The average molecular weight is 184 g/mol. The molecule has 0 bridgehead atoms. The summed E-state index contributed by atoms with van der Waals surface area (Å²) in [7, 11) is 0. The van der Waals surface area contributed by atoms with E-state index in [9.17, 15) is 0 Å². The summed E-state index contributed by atoms with van der Waals surface area (Å²) in [6.45, 7) is 9.40. The quantitative estimate of drug-likeness (QED) is 0.678. The zero-order chi connectivity index (χ0) is 9.52.